The van der Waals surface area contributed by atoms with Crippen molar-refractivity contribution in [2.24, 2.45) is 0 Å². The number of fused-ring (bicyclic) bond motifs is 1. The highest BCUT2D eigenvalue weighted by Gasteiger charge is 2.25. The summed E-state index contributed by atoms with van der Waals surface area (Å²) in [6, 6.07) is 2.36. The van der Waals surface area contributed by atoms with Gasteiger partial charge in [0.25, 0.3) is 0 Å². The van der Waals surface area contributed by atoms with Crippen LogP contribution in [0.2, 0.25) is 5.02 Å². The molecule has 2 rings (SSSR count). The molecule has 0 radical (unpaired) electrons. The molecule has 0 fully saturated rings. The molecular weight excluding hydrogens is 268 g/mol. The fourth-order valence-electron chi connectivity index (χ4n) is 1.61. The van der Waals surface area contributed by atoms with Crippen LogP contribution < -0.4 is 0 Å². The Morgan fingerprint density at radius 2 is 2.12 bits per heavy atom. The Bertz CT molecular complexity index is 579. The van der Waals surface area contributed by atoms with Crippen LogP contribution in [-0.4, -0.2) is 31.9 Å². The van der Waals surface area contributed by atoms with Gasteiger partial charge in [0.1, 0.15) is 0 Å². The molecule has 0 aliphatic carbocycles. The lowest BCUT2D eigenvalue weighted by molar-refractivity contribution is 0.0696. The first-order valence-corrected chi connectivity index (χ1v) is 6.81. The normalized spacial score (nSPS) is 18.2. The molecule has 17 heavy (non-hydrogen) atoms. The van der Waals surface area contributed by atoms with E-state index < -0.39 is 15.8 Å². The molecule has 1 aromatic carbocycles. The second-order valence-electron chi connectivity index (χ2n) is 3.61. The van der Waals surface area contributed by atoms with Crippen LogP contribution in [0.1, 0.15) is 15.9 Å². The van der Waals surface area contributed by atoms with Crippen LogP contribution in [-0.2, 0) is 21.2 Å². The van der Waals surface area contributed by atoms with E-state index in [1.165, 1.54) is 6.07 Å². The van der Waals surface area contributed by atoms with E-state index in [0.717, 1.165) is 6.07 Å². The molecular formula is C10H9ClO5S. The zero-order valence-electron chi connectivity index (χ0n) is 8.64. The number of rotatable bonds is 1. The van der Waals surface area contributed by atoms with Gasteiger partial charge in [-0.15, -0.1) is 0 Å². The molecule has 7 heteroatoms. The number of ether oxygens (including phenoxy) is 1. The second kappa shape index (κ2) is 4.29. The zero-order chi connectivity index (χ0) is 12.6. The number of benzene rings is 1. The minimum absolute atomic E-state index is 0.0418. The van der Waals surface area contributed by atoms with Gasteiger partial charge in [-0.25, -0.2) is 13.2 Å². The molecule has 0 spiro atoms. The topological polar surface area (TPSA) is 80.7 Å². The van der Waals surface area contributed by atoms with Crippen molar-refractivity contribution in [3.8, 4) is 0 Å². The van der Waals surface area contributed by atoms with Crippen molar-refractivity contribution in [2.45, 2.75) is 11.5 Å². The smallest absolute Gasteiger partial charge is 0.335 e. The van der Waals surface area contributed by atoms with Gasteiger partial charge < -0.3 is 9.84 Å². The monoisotopic (exact) mass is 276 g/mol. The Hall–Kier alpha value is -1.11. The van der Waals surface area contributed by atoms with Gasteiger partial charge in [-0.3, -0.25) is 0 Å². The highest BCUT2D eigenvalue weighted by atomic mass is 35.5. The van der Waals surface area contributed by atoms with Crippen molar-refractivity contribution < 1.29 is 23.1 Å². The maximum atomic E-state index is 11.9. The summed E-state index contributed by atoms with van der Waals surface area (Å²) in [5.41, 5.74) is 0.188. The van der Waals surface area contributed by atoms with E-state index in [0.29, 0.717) is 5.56 Å². The molecule has 0 saturated carbocycles. The SMILES string of the molecule is O=C(O)c1cc(Cl)c2c(c1)S(=O)(=O)CCOC2. The van der Waals surface area contributed by atoms with Gasteiger partial charge in [0.05, 0.1) is 29.4 Å². The summed E-state index contributed by atoms with van der Waals surface area (Å²) < 4.78 is 28.9. The van der Waals surface area contributed by atoms with Crippen LogP contribution in [0.25, 0.3) is 0 Å². The second-order valence-corrected chi connectivity index (χ2v) is 6.10. The molecule has 92 valence electrons. The number of hydrogen-bond acceptors (Lipinski definition) is 4. The van der Waals surface area contributed by atoms with Gasteiger partial charge in [-0.2, -0.15) is 0 Å². The molecule has 5 nitrogen and oxygen atoms in total. The standard InChI is InChI=1S/C10H9ClO5S/c11-8-3-6(10(12)13)4-9-7(8)5-16-1-2-17(9,14)15/h3-4H,1-2,5H2,(H,12,13). The summed E-state index contributed by atoms with van der Waals surface area (Å²) in [4.78, 5) is 10.8. The van der Waals surface area contributed by atoms with Crippen molar-refractivity contribution in [1.82, 2.24) is 0 Å². The fraction of sp³-hybridized carbons (Fsp3) is 0.300. The van der Waals surface area contributed by atoms with E-state index in [1.807, 2.05) is 0 Å². The van der Waals surface area contributed by atoms with Gasteiger partial charge >= 0.3 is 5.97 Å². The van der Waals surface area contributed by atoms with Crippen molar-refractivity contribution in [1.29, 1.82) is 0 Å². The predicted octanol–water partition coefficient (Wildman–Crippen LogP) is 1.34. The Morgan fingerprint density at radius 3 is 2.76 bits per heavy atom. The van der Waals surface area contributed by atoms with Gasteiger partial charge in [-0.05, 0) is 12.1 Å². The van der Waals surface area contributed by atoms with Crippen LogP contribution in [0.5, 0.6) is 0 Å². The predicted molar refractivity (Wildman–Crippen MR) is 60.1 cm³/mol. The van der Waals surface area contributed by atoms with Crippen LogP contribution in [0, 0.1) is 0 Å². The first-order valence-electron chi connectivity index (χ1n) is 4.78. The number of sulfone groups is 1. The first kappa shape index (κ1) is 12.3. The van der Waals surface area contributed by atoms with Crippen LogP contribution in [0.15, 0.2) is 17.0 Å². The maximum absolute atomic E-state index is 11.9. The summed E-state index contributed by atoms with van der Waals surface area (Å²) in [7, 11) is -3.53. The van der Waals surface area contributed by atoms with Crippen LogP contribution in [0.3, 0.4) is 0 Å². The van der Waals surface area contributed by atoms with Gasteiger partial charge in [-0.1, -0.05) is 11.6 Å². The number of halogens is 1. The van der Waals surface area contributed by atoms with E-state index >= 15 is 0 Å². The Balaban J connectivity index is 2.72. The van der Waals surface area contributed by atoms with E-state index in [2.05, 4.69) is 0 Å². The molecule has 0 atom stereocenters. The molecule has 0 saturated heterocycles. The third-order valence-corrected chi connectivity index (χ3v) is 4.56. The Morgan fingerprint density at radius 1 is 1.41 bits per heavy atom. The van der Waals surface area contributed by atoms with Crippen LogP contribution >= 0.6 is 11.6 Å². The molecule has 1 aliphatic rings. The highest BCUT2D eigenvalue weighted by molar-refractivity contribution is 7.91. The number of carboxylic acid groups (broad SMARTS) is 1. The number of hydrogen-bond donors (Lipinski definition) is 1. The lowest BCUT2D eigenvalue weighted by Crippen LogP contribution is -2.10. The van der Waals surface area contributed by atoms with Crippen molar-refractivity contribution >= 4 is 27.4 Å². The number of carboxylic acids is 1. The lowest BCUT2D eigenvalue weighted by atomic mass is 10.1. The Kier molecular flexibility index (Phi) is 3.11. The average Bonchev–Trinajstić information content (AvgIpc) is 2.38. The quantitative estimate of drug-likeness (QED) is 0.837. The third kappa shape index (κ3) is 2.29. The van der Waals surface area contributed by atoms with Crippen molar-refractivity contribution in [2.75, 3.05) is 12.4 Å². The maximum Gasteiger partial charge on any atom is 0.335 e. The molecule has 0 bridgehead atoms. The van der Waals surface area contributed by atoms with Crippen molar-refractivity contribution in [3.63, 3.8) is 0 Å². The molecule has 1 N–H and O–H groups in total. The van der Waals surface area contributed by atoms with E-state index in [4.69, 9.17) is 21.4 Å². The largest absolute Gasteiger partial charge is 0.478 e. The van der Waals surface area contributed by atoms with Gasteiger partial charge in [0.15, 0.2) is 9.84 Å². The van der Waals surface area contributed by atoms with E-state index in [1.54, 1.807) is 0 Å². The van der Waals surface area contributed by atoms with E-state index in [-0.39, 0.29) is 34.4 Å². The van der Waals surface area contributed by atoms with Crippen LogP contribution in [0.4, 0.5) is 0 Å². The fourth-order valence-corrected chi connectivity index (χ4v) is 3.34. The van der Waals surface area contributed by atoms with E-state index in [9.17, 15) is 13.2 Å². The summed E-state index contributed by atoms with van der Waals surface area (Å²) in [5, 5.41) is 8.97. The summed E-state index contributed by atoms with van der Waals surface area (Å²) in [5.74, 6) is -1.38. The number of aromatic carboxylic acids is 1. The first-order chi connectivity index (χ1) is 7.92. The average molecular weight is 277 g/mol. The summed E-state index contributed by atoms with van der Waals surface area (Å²) in [6.45, 7) is 0.156. The summed E-state index contributed by atoms with van der Waals surface area (Å²) >= 11 is 5.88. The minimum Gasteiger partial charge on any atom is -0.478 e. The van der Waals surface area contributed by atoms with Gasteiger partial charge in [0, 0.05) is 10.6 Å². The molecule has 0 unspecified atom stereocenters. The zero-order valence-corrected chi connectivity index (χ0v) is 10.2. The molecule has 0 amide bonds. The molecule has 1 aliphatic heterocycles. The van der Waals surface area contributed by atoms with Crippen molar-refractivity contribution in [3.05, 3.63) is 28.3 Å². The molecule has 1 heterocycles. The molecule has 1 aromatic rings. The lowest BCUT2D eigenvalue weighted by Gasteiger charge is -2.08. The summed E-state index contributed by atoms with van der Waals surface area (Å²) in [6.07, 6.45) is 0. The minimum atomic E-state index is -3.53. The third-order valence-electron chi connectivity index (χ3n) is 2.48. The molecule has 0 aromatic heterocycles. The Labute approximate surface area is 103 Å². The van der Waals surface area contributed by atoms with Gasteiger partial charge in [0.2, 0.25) is 0 Å². The highest BCUT2D eigenvalue weighted by Crippen LogP contribution is 2.29. The number of carbonyl (C=O) groups is 1.